The number of rotatable bonds is 6. The molecule has 2 aromatic rings. The molecule has 2 aliphatic heterocycles. The molecule has 0 N–H and O–H groups in total. The molecule has 0 aromatic heterocycles. The fourth-order valence-electron chi connectivity index (χ4n) is 5.23. The Morgan fingerprint density at radius 1 is 1.03 bits per heavy atom. The van der Waals surface area contributed by atoms with Crippen molar-refractivity contribution < 1.29 is 19.1 Å². The number of hydrogen-bond donors (Lipinski definition) is 0. The Morgan fingerprint density at radius 3 is 2.66 bits per heavy atom. The zero-order valence-electron chi connectivity index (χ0n) is 18.5. The second-order valence-corrected chi connectivity index (χ2v) is 8.90. The molecule has 3 unspecified atom stereocenters. The second-order valence-electron chi connectivity index (χ2n) is 8.90. The van der Waals surface area contributed by atoms with Crippen LogP contribution in [0, 0.1) is 5.92 Å². The summed E-state index contributed by atoms with van der Waals surface area (Å²) < 4.78 is 12.2. The number of ether oxygens (including phenoxy) is 2. The predicted octanol–water partition coefficient (Wildman–Crippen LogP) is 4.97. The maximum Gasteiger partial charge on any atom is 0.290 e. The number of carbonyl (C=O) groups excluding carboxylic acids is 2. The van der Waals surface area contributed by atoms with Crippen LogP contribution < -0.4 is 4.74 Å². The Hall–Kier alpha value is -3.08. The minimum Gasteiger partial charge on any atom is -0.489 e. The largest absolute Gasteiger partial charge is 0.489 e. The van der Waals surface area contributed by atoms with E-state index in [0.717, 1.165) is 49.0 Å². The van der Waals surface area contributed by atoms with E-state index in [4.69, 9.17) is 9.47 Å². The summed E-state index contributed by atoms with van der Waals surface area (Å²) in [7, 11) is 0. The van der Waals surface area contributed by atoms with Crippen molar-refractivity contribution in [2.24, 2.45) is 5.92 Å². The topological polar surface area (TPSA) is 55.8 Å². The van der Waals surface area contributed by atoms with Crippen molar-refractivity contribution in [3.63, 3.8) is 0 Å². The van der Waals surface area contributed by atoms with Gasteiger partial charge in [0.25, 0.3) is 5.91 Å². The van der Waals surface area contributed by atoms with E-state index in [1.807, 2.05) is 61.5 Å². The summed E-state index contributed by atoms with van der Waals surface area (Å²) in [4.78, 5) is 28.7. The lowest BCUT2D eigenvalue weighted by Gasteiger charge is -2.35. The van der Waals surface area contributed by atoms with E-state index in [1.54, 1.807) is 4.90 Å². The molecule has 5 rings (SSSR count). The maximum atomic E-state index is 13.6. The fourth-order valence-corrected chi connectivity index (χ4v) is 5.23. The van der Waals surface area contributed by atoms with E-state index in [9.17, 15) is 9.59 Å². The normalized spacial score (nSPS) is 24.8. The quantitative estimate of drug-likeness (QED) is 0.648. The fraction of sp³-hybridized carbons (Fsp3) is 0.407. The van der Waals surface area contributed by atoms with Gasteiger partial charge in [-0.2, -0.15) is 0 Å². The summed E-state index contributed by atoms with van der Waals surface area (Å²) in [5, 5.41) is 0. The van der Waals surface area contributed by atoms with Crippen molar-refractivity contribution >= 4 is 11.7 Å². The number of benzene rings is 2. The molecule has 0 spiro atoms. The van der Waals surface area contributed by atoms with Gasteiger partial charge in [-0.05, 0) is 48.9 Å². The molecule has 1 saturated carbocycles. The Morgan fingerprint density at radius 2 is 1.84 bits per heavy atom. The van der Waals surface area contributed by atoms with E-state index >= 15 is 0 Å². The molecular weight excluding hydrogens is 402 g/mol. The summed E-state index contributed by atoms with van der Waals surface area (Å²) in [6, 6.07) is 17.4. The first-order valence-electron chi connectivity index (χ1n) is 11.7. The lowest BCUT2D eigenvalue weighted by atomic mass is 9.77. The van der Waals surface area contributed by atoms with Crippen LogP contribution in [0.15, 0.2) is 65.9 Å². The first-order valence-corrected chi connectivity index (χ1v) is 11.7. The molecule has 2 aromatic carbocycles. The van der Waals surface area contributed by atoms with Crippen LogP contribution in [0.5, 0.6) is 5.75 Å². The van der Waals surface area contributed by atoms with Crippen LogP contribution in [0.25, 0.3) is 0 Å². The van der Waals surface area contributed by atoms with Gasteiger partial charge in [0.1, 0.15) is 18.5 Å². The van der Waals surface area contributed by atoms with Crippen LogP contribution in [0.2, 0.25) is 0 Å². The zero-order chi connectivity index (χ0) is 22.1. The van der Waals surface area contributed by atoms with Gasteiger partial charge >= 0.3 is 0 Å². The standard InChI is InChI=1S/C27H29NO4/c1-2-15-28-24(19-11-8-12-20(16-19)31-17-18-9-4-3-5-10-18)23-25(29)21-13-6-7-14-22(21)32-26(23)27(28)30/h3-5,8-12,16,21-22,24H,2,6-7,13-15,17H2,1H3. The molecule has 0 saturated heterocycles. The first kappa shape index (κ1) is 20.8. The van der Waals surface area contributed by atoms with Crippen molar-refractivity contribution in [2.45, 2.75) is 57.8 Å². The molecule has 5 nitrogen and oxygen atoms in total. The van der Waals surface area contributed by atoms with Crippen LogP contribution in [0.1, 0.15) is 56.2 Å². The number of amides is 1. The number of nitrogens with zero attached hydrogens (tertiary/aromatic N) is 1. The highest BCUT2D eigenvalue weighted by molar-refractivity contribution is 6.11. The minimum atomic E-state index is -0.409. The van der Waals surface area contributed by atoms with Gasteiger partial charge in [-0.25, -0.2) is 0 Å². The number of hydrogen-bond acceptors (Lipinski definition) is 4. The average molecular weight is 432 g/mol. The van der Waals surface area contributed by atoms with Gasteiger partial charge in [0, 0.05) is 6.54 Å². The summed E-state index contributed by atoms with van der Waals surface area (Å²) in [5.74, 6) is 0.830. The Bertz CT molecular complexity index is 1040. The highest BCUT2D eigenvalue weighted by atomic mass is 16.5. The van der Waals surface area contributed by atoms with Crippen LogP contribution in [-0.4, -0.2) is 29.2 Å². The Balaban J connectivity index is 1.47. The lowest BCUT2D eigenvalue weighted by molar-refractivity contribution is -0.135. The van der Waals surface area contributed by atoms with Crippen LogP contribution in [0.3, 0.4) is 0 Å². The molecule has 3 aliphatic rings. The summed E-state index contributed by atoms with van der Waals surface area (Å²) in [6.45, 7) is 3.09. The van der Waals surface area contributed by atoms with E-state index in [1.165, 1.54) is 0 Å². The molecule has 1 amide bonds. The number of Topliss-reactive ketones (excluding diaryl/α,β-unsaturated/α-hetero) is 1. The van der Waals surface area contributed by atoms with Gasteiger partial charge in [0.15, 0.2) is 11.5 Å². The Labute approximate surface area is 189 Å². The maximum absolute atomic E-state index is 13.6. The van der Waals surface area contributed by atoms with Crippen LogP contribution >= 0.6 is 0 Å². The van der Waals surface area contributed by atoms with Gasteiger partial charge in [0.2, 0.25) is 0 Å². The number of fused-ring (bicyclic) bond motifs is 1. The molecule has 5 heteroatoms. The van der Waals surface area contributed by atoms with Crippen molar-refractivity contribution in [3.05, 3.63) is 77.1 Å². The van der Waals surface area contributed by atoms with Crippen molar-refractivity contribution in [1.82, 2.24) is 4.90 Å². The van der Waals surface area contributed by atoms with Crippen molar-refractivity contribution in [2.75, 3.05) is 6.54 Å². The van der Waals surface area contributed by atoms with Gasteiger partial charge in [-0.15, -0.1) is 0 Å². The Kier molecular flexibility index (Phi) is 5.73. The van der Waals surface area contributed by atoms with Gasteiger partial charge in [-0.3, -0.25) is 9.59 Å². The van der Waals surface area contributed by atoms with Crippen molar-refractivity contribution in [1.29, 1.82) is 0 Å². The van der Waals surface area contributed by atoms with E-state index in [0.29, 0.717) is 18.7 Å². The van der Waals surface area contributed by atoms with E-state index in [-0.39, 0.29) is 29.5 Å². The molecule has 0 bridgehead atoms. The summed E-state index contributed by atoms with van der Waals surface area (Å²) in [6.07, 6.45) is 4.44. The average Bonchev–Trinajstić information content (AvgIpc) is 3.11. The van der Waals surface area contributed by atoms with Gasteiger partial charge in [0.05, 0.1) is 17.5 Å². The molecule has 166 valence electrons. The number of ketones is 1. The summed E-state index contributed by atoms with van der Waals surface area (Å²) in [5.41, 5.74) is 2.53. The smallest absolute Gasteiger partial charge is 0.290 e. The number of carbonyl (C=O) groups is 2. The molecule has 2 heterocycles. The lowest BCUT2D eigenvalue weighted by Crippen LogP contribution is -2.39. The monoisotopic (exact) mass is 431 g/mol. The SMILES string of the molecule is CCCN1C(=O)C2=C(C(=O)C3CCCCC3O2)C1c1cccc(OCc2ccccc2)c1. The molecule has 1 aliphatic carbocycles. The van der Waals surface area contributed by atoms with Gasteiger partial charge < -0.3 is 14.4 Å². The second kappa shape index (κ2) is 8.81. The molecule has 1 fully saturated rings. The third-order valence-electron chi connectivity index (χ3n) is 6.75. The summed E-state index contributed by atoms with van der Waals surface area (Å²) >= 11 is 0. The molecule has 3 atom stereocenters. The zero-order valence-corrected chi connectivity index (χ0v) is 18.5. The van der Waals surface area contributed by atoms with Crippen LogP contribution in [-0.2, 0) is 20.9 Å². The predicted molar refractivity (Wildman–Crippen MR) is 121 cm³/mol. The van der Waals surface area contributed by atoms with Gasteiger partial charge in [-0.1, -0.05) is 55.8 Å². The molecular formula is C27H29NO4. The first-order chi connectivity index (χ1) is 15.7. The van der Waals surface area contributed by atoms with Crippen LogP contribution in [0.4, 0.5) is 0 Å². The highest BCUT2D eigenvalue weighted by Crippen LogP contribution is 2.47. The highest BCUT2D eigenvalue weighted by Gasteiger charge is 2.51. The van der Waals surface area contributed by atoms with E-state index < -0.39 is 6.04 Å². The van der Waals surface area contributed by atoms with E-state index in [2.05, 4.69) is 0 Å². The molecule has 0 radical (unpaired) electrons. The molecule has 32 heavy (non-hydrogen) atoms. The third-order valence-corrected chi connectivity index (χ3v) is 6.75. The minimum absolute atomic E-state index is 0.100. The third kappa shape index (κ3) is 3.70. The van der Waals surface area contributed by atoms with Crippen molar-refractivity contribution in [3.8, 4) is 5.75 Å².